The Hall–Kier alpha value is -3.73. The number of anilines is 1. The number of nitrogens with zero attached hydrogens (tertiary/aromatic N) is 2. The van der Waals surface area contributed by atoms with E-state index in [1.165, 1.54) is 10.5 Å². The lowest BCUT2D eigenvalue weighted by atomic mass is 9.99. The van der Waals surface area contributed by atoms with Gasteiger partial charge in [-0.3, -0.25) is 14.6 Å². The Bertz CT molecular complexity index is 1150. The van der Waals surface area contributed by atoms with Crippen molar-refractivity contribution >= 4 is 28.9 Å². The van der Waals surface area contributed by atoms with Crippen LogP contribution in [0.3, 0.4) is 0 Å². The van der Waals surface area contributed by atoms with Crippen molar-refractivity contribution < 1.29 is 9.59 Å². The van der Waals surface area contributed by atoms with Crippen LogP contribution in [0.5, 0.6) is 0 Å². The quantitative estimate of drug-likeness (QED) is 0.673. The molecular formula is C26H25N3O2. The predicted octanol–water partition coefficient (Wildman–Crippen LogP) is 4.48. The monoisotopic (exact) mass is 411 g/mol. The number of nitrogens with one attached hydrogen (secondary N) is 1. The van der Waals surface area contributed by atoms with Gasteiger partial charge in [-0.25, -0.2) is 0 Å². The fraction of sp³-hybridized carbons (Fsp3) is 0.192. The van der Waals surface area contributed by atoms with E-state index in [9.17, 15) is 9.59 Å². The Labute approximate surface area is 182 Å². The molecule has 1 aliphatic heterocycles. The summed E-state index contributed by atoms with van der Waals surface area (Å²) in [6.07, 6.45) is 0.143. The molecular weight excluding hydrogens is 386 g/mol. The molecule has 0 radical (unpaired) electrons. The van der Waals surface area contributed by atoms with Gasteiger partial charge in [0.1, 0.15) is 6.54 Å². The highest BCUT2D eigenvalue weighted by Crippen LogP contribution is 2.33. The van der Waals surface area contributed by atoms with Crippen LogP contribution in [0.2, 0.25) is 0 Å². The minimum Gasteiger partial charge on any atom is -0.350 e. The maximum absolute atomic E-state index is 13.2. The lowest BCUT2D eigenvalue weighted by molar-refractivity contribution is -0.123. The van der Waals surface area contributed by atoms with Crippen molar-refractivity contribution in [3.05, 3.63) is 95.1 Å². The second-order valence-electron chi connectivity index (χ2n) is 7.78. The summed E-state index contributed by atoms with van der Waals surface area (Å²) in [6, 6.07) is 23.3. The largest absolute Gasteiger partial charge is 0.350 e. The zero-order chi connectivity index (χ0) is 21.8. The van der Waals surface area contributed by atoms with Gasteiger partial charge in [0.25, 0.3) is 0 Å². The molecule has 0 spiro atoms. The average Bonchev–Trinajstić information content (AvgIpc) is 2.89. The van der Waals surface area contributed by atoms with Gasteiger partial charge in [0.05, 0.1) is 23.5 Å². The molecule has 1 heterocycles. The van der Waals surface area contributed by atoms with E-state index in [4.69, 9.17) is 4.99 Å². The molecule has 0 fully saturated rings. The summed E-state index contributed by atoms with van der Waals surface area (Å²) in [4.78, 5) is 32.2. The Kier molecular flexibility index (Phi) is 5.94. The lowest BCUT2D eigenvalue weighted by Crippen LogP contribution is -2.41. The number of para-hydroxylation sites is 2. The number of aliphatic imine (C=N–C) groups is 1. The molecule has 4 rings (SSSR count). The first-order valence-corrected chi connectivity index (χ1v) is 10.4. The second kappa shape index (κ2) is 8.96. The normalized spacial score (nSPS) is 13.3. The Morgan fingerprint density at radius 3 is 2.52 bits per heavy atom. The molecule has 1 N–H and O–H groups in total. The molecule has 0 atom stereocenters. The molecule has 2 amide bonds. The van der Waals surface area contributed by atoms with Crippen LogP contribution < -0.4 is 10.2 Å². The number of benzene rings is 3. The van der Waals surface area contributed by atoms with Gasteiger partial charge in [0.15, 0.2) is 0 Å². The van der Waals surface area contributed by atoms with Crippen molar-refractivity contribution in [1.82, 2.24) is 5.32 Å². The minimum atomic E-state index is -0.207. The van der Waals surface area contributed by atoms with Gasteiger partial charge < -0.3 is 10.2 Å². The highest BCUT2D eigenvalue weighted by atomic mass is 16.2. The number of hydrogen-bond donors (Lipinski definition) is 1. The molecule has 0 aliphatic carbocycles. The van der Waals surface area contributed by atoms with Crippen LogP contribution in [0.1, 0.15) is 28.7 Å². The van der Waals surface area contributed by atoms with E-state index in [2.05, 4.69) is 11.4 Å². The number of amides is 2. The highest BCUT2D eigenvalue weighted by Gasteiger charge is 2.27. The number of aryl methyl sites for hydroxylation is 2. The molecule has 3 aromatic carbocycles. The third-order valence-corrected chi connectivity index (χ3v) is 5.37. The smallest absolute Gasteiger partial charge is 0.240 e. The van der Waals surface area contributed by atoms with Crippen LogP contribution in [0.25, 0.3) is 0 Å². The standard InChI is InChI=1S/C26H25N3O2/c1-18-12-13-21(19(2)14-18)23-15-26(31)29(24-11-7-6-10-22(24)28-23)17-25(30)27-16-20-8-4-3-5-9-20/h3-14H,15-17H2,1-2H3,(H,27,30). The summed E-state index contributed by atoms with van der Waals surface area (Å²) < 4.78 is 0. The van der Waals surface area contributed by atoms with E-state index in [1.54, 1.807) is 0 Å². The molecule has 0 bridgehead atoms. The van der Waals surface area contributed by atoms with Crippen LogP contribution in [-0.2, 0) is 16.1 Å². The number of carbonyl (C=O) groups is 2. The van der Waals surface area contributed by atoms with Crippen molar-refractivity contribution in [2.75, 3.05) is 11.4 Å². The van der Waals surface area contributed by atoms with Gasteiger partial charge in [-0.1, -0.05) is 66.2 Å². The third-order valence-electron chi connectivity index (χ3n) is 5.37. The molecule has 0 aromatic heterocycles. The zero-order valence-electron chi connectivity index (χ0n) is 17.8. The van der Waals surface area contributed by atoms with Crippen molar-refractivity contribution in [2.24, 2.45) is 4.99 Å². The summed E-state index contributed by atoms with van der Waals surface area (Å²) in [5.74, 6) is -0.347. The number of fused-ring (bicyclic) bond motifs is 1. The second-order valence-corrected chi connectivity index (χ2v) is 7.78. The molecule has 156 valence electrons. The van der Waals surface area contributed by atoms with Crippen molar-refractivity contribution in [3.8, 4) is 0 Å². The summed E-state index contributed by atoms with van der Waals surface area (Å²) >= 11 is 0. The van der Waals surface area contributed by atoms with E-state index in [0.29, 0.717) is 17.9 Å². The Balaban J connectivity index is 1.58. The van der Waals surface area contributed by atoms with E-state index < -0.39 is 0 Å². The van der Waals surface area contributed by atoms with E-state index in [0.717, 1.165) is 22.4 Å². The Morgan fingerprint density at radius 1 is 1.00 bits per heavy atom. The van der Waals surface area contributed by atoms with Gasteiger partial charge in [-0.05, 0) is 42.7 Å². The molecule has 3 aromatic rings. The van der Waals surface area contributed by atoms with Gasteiger partial charge in [0, 0.05) is 6.54 Å². The summed E-state index contributed by atoms with van der Waals surface area (Å²) in [5.41, 5.74) is 6.29. The predicted molar refractivity (Wildman–Crippen MR) is 124 cm³/mol. The van der Waals surface area contributed by atoms with Crippen molar-refractivity contribution in [1.29, 1.82) is 0 Å². The van der Waals surface area contributed by atoms with Crippen LogP contribution in [0.4, 0.5) is 11.4 Å². The van der Waals surface area contributed by atoms with Crippen molar-refractivity contribution in [2.45, 2.75) is 26.8 Å². The topological polar surface area (TPSA) is 61.8 Å². The number of hydrogen-bond acceptors (Lipinski definition) is 3. The van der Waals surface area contributed by atoms with Crippen molar-refractivity contribution in [3.63, 3.8) is 0 Å². The maximum Gasteiger partial charge on any atom is 0.240 e. The molecule has 0 saturated carbocycles. The highest BCUT2D eigenvalue weighted by molar-refractivity contribution is 6.19. The van der Waals surface area contributed by atoms with E-state index in [1.807, 2.05) is 80.6 Å². The fourth-order valence-corrected chi connectivity index (χ4v) is 3.81. The molecule has 5 heteroatoms. The molecule has 31 heavy (non-hydrogen) atoms. The summed E-state index contributed by atoms with van der Waals surface area (Å²) in [7, 11) is 0. The minimum absolute atomic E-state index is 0.0433. The molecule has 5 nitrogen and oxygen atoms in total. The SMILES string of the molecule is Cc1ccc(C2=Nc3ccccc3N(CC(=O)NCc3ccccc3)C(=O)C2)c(C)c1. The first-order valence-electron chi connectivity index (χ1n) is 10.4. The summed E-state index contributed by atoms with van der Waals surface area (Å²) in [5, 5.41) is 2.91. The van der Waals surface area contributed by atoms with E-state index in [-0.39, 0.29) is 24.8 Å². The molecule has 0 saturated heterocycles. The van der Waals surface area contributed by atoms with Gasteiger partial charge in [-0.15, -0.1) is 0 Å². The first kappa shape index (κ1) is 20.5. The van der Waals surface area contributed by atoms with Crippen LogP contribution in [-0.4, -0.2) is 24.1 Å². The van der Waals surface area contributed by atoms with Gasteiger partial charge in [0.2, 0.25) is 11.8 Å². The molecule has 1 aliphatic rings. The van der Waals surface area contributed by atoms with Crippen LogP contribution in [0.15, 0.2) is 77.8 Å². The summed E-state index contributed by atoms with van der Waals surface area (Å²) in [6.45, 7) is 4.45. The van der Waals surface area contributed by atoms with Gasteiger partial charge >= 0.3 is 0 Å². The fourth-order valence-electron chi connectivity index (χ4n) is 3.81. The lowest BCUT2D eigenvalue weighted by Gasteiger charge is -2.22. The third kappa shape index (κ3) is 4.72. The number of carbonyl (C=O) groups excluding carboxylic acids is 2. The molecule has 0 unspecified atom stereocenters. The zero-order valence-corrected chi connectivity index (χ0v) is 17.8. The Morgan fingerprint density at radius 2 is 1.74 bits per heavy atom. The maximum atomic E-state index is 13.2. The van der Waals surface area contributed by atoms with Gasteiger partial charge in [-0.2, -0.15) is 0 Å². The first-order chi connectivity index (χ1) is 15.0. The van der Waals surface area contributed by atoms with Crippen LogP contribution >= 0.6 is 0 Å². The average molecular weight is 412 g/mol. The number of rotatable bonds is 5. The van der Waals surface area contributed by atoms with E-state index >= 15 is 0 Å². The van der Waals surface area contributed by atoms with Crippen LogP contribution in [0, 0.1) is 13.8 Å².